The van der Waals surface area contributed by atoms with Crippen molar-refractivity contribution in [1.82, 2.24) is 5.16 Å². The van der Waals surface area contributed by atoms with Crippen molar-refractivity contribution >= 4 is 23.2 Å². The fourth-order valence-electron chi connectivity index (χ4n) is 3.52. The lowest BCUT2D eigenvalue weighted by Gasteiger charge is -2.29. The van der Waals surface area contributed by atoms with Crippen LogP contribution in [0.15, 0.2) is 40.9 Å². The Morgan fingerprint density at radius 2 is 1.91 bits per heavy atom. The van der Waals surface area contributed by atoms with E-state index in [-0.39, 0.29) is 18.4 Å². The monoisotopic (exact) mass is 437 g/mol. The Balaban J connectivity index is 1.60. The van der Waals surface area contributed by atoms with Gasteiger partial charge in [-0.25, -0.2) is 0 Å². The van der Waals surface area contributed by atoms with Crippen molar-refractivity contribution < 1.29 is 28.3 Å². The molecular weight excluding hydrogens is 414 g/mol. The van der Waals surface area contributed by atoms with E-state index in [1.807, 2.05) is 6.92 Å². The quantitative estimate of drug-likeness (QED) is 0.630. The van der Waals surface area contributed by atoms with Gasteiger partial charge >= 0.3 is 0 Å². The van der Waals surface area contributed by atoms with Gasteiger partial charge in [-0.05, 0) is 50.2 Å². The van der Waals surface area contributed by atoms with E-state index in [1.165, 1.54) is 14.2 Å². The van der Waals surface area contributed by atoms with Gasteiger partial charge in [0.2, 0.25) is 0 Å². The van der Waals surface area contributed by atoms with Gasteiger partial charge in [-0.15, -0.1) is 0 Å². The van der Waals surface area contributed by atoms with Crippen molar-refractivity contribution in [2.45, 2.75) is 20.4 Å². The van der Waals surface area contributed by atoms with Gasteiger partial charge in [0.15, 0.2) is 18.1 Å². The first-order valence-electron chi connectivity index (χ1n) is 9.93. The summed E-state index contributed by atoms with van der Waals surface area (Å²) in [7, 11) is 3.04. The predicted octanol–water partition coefficient (Wildman–Crippen LogP) is 3.49. The summed E-state index contributed by atoms with van der Waals surface area (Å²) < 4.78 is 21.3. The van der Waals surface area contributed by atoms with Crippen LogP contribution < -0.4 is 24.4 Å². The van der Waals surface area contributed by atoms with Crippen molar-refractivity contribution in [2.75, 3.05) is 31.0 Å². The third kappa shape index (κ3) is 3.96. The molecular formula is C23H23N3O6. The average Bonchev–Trinajstić information content (AvgIpc) is 3.12. The Morgan fingerprint density at radius 1 is 1.12 bits per heavy atom. The normalized spacial score (nSPS) is 12.8. The molecule has 2 heterocycles. The Bertz CT molecular complexity index is 1170. The van der Waals surface area contributed by atoms with E-state index in [0.717, 1.165) is 11.3 Å². The molecule has 0 radical (unpaired) electrons. The lowest BCUT2D eigenvalue weighted by molar-refractivity contribution is -0.121. The molecule has 0 spiro atoms. The summed E-state index contributed by atoms with van der Waals surface area (Å²) in [6.45, 7) is 3.87. The molecule has 9 nitrogen and oxygen atoms in total. The number of aryl methyl sites for hydroxylation is 2. The number of carbonyl (C=O) groups excluding carboxylic acids is 2. The zero-order chi connectivity index (χ0) is 22.8. The zero-order valence-electron chi connectivity index (χ0n) is 18.2. The first kappa shape index (κ1) is 21.2. The Labute approximate surface area is 184 Å². The second-order valence-corrected chi connectivity index (χ2v) is 7.28. The predicted molar refractivity (Wildman–Crippen MR) is 117 cm³/mol. The molecule has 1 aromatic heterocycles. The Kier molecular flexibility index (Phi) is 5.72. The van der Waals surface area contributed by atoms with E-state index in [2.05, 4.69) is 10.5 Å². The van der Waals surface area contributed by atoms with Crippen LogP contribution in [0.4, 0.5) is 11.4 Å². The third-order valence-electron chi connectivity index (χ3n) is 5.30. The molecule has 4 rings (SSSR count). The van der Waals surface area contributed by atoms with Crippen LogP contribution in [-0.2, 0) is 11.3 Å². The van der Waals surface area contributed by atoms with E-state index < -0.39 is 0 Å². The summed E-state index contributed by atoms with van der Waals surface area (Å²) in [5.41, 5.74) is 3.05. The number of nitrogens with one attached hydrogen (secondary N) is 1. The fourth-order valence-corrected chi connectivity index (χ4v) is 3.52. The number of hydrogen-bond acceptors (Lipinski definition) is 7. The molecule has 3 aromatic rings. The zero-order valence-corrected chi connectivity index (χ0v) is 18.2. The first-order valence-corrected chi connectivity index (χ1v) is 9.93. The van der Waals surface area contributed by atoms with Crippen LogP contribution in [0.5, 0.6) is 17.2 Å². The van der Waals surface area contributed by atoms with E-state index in [9.17, 15) is 9.59 Å². The minimum Gasteiger partial charge on any atom is -0.493 e. The molecule has 0 bridgehead atoms. The number of amides is 2. The fraction of sp³-hybridized carbons (Fsp3) is 0.261. The highest BCUT2D eigenvalue weighted by Gasteiger charge is 2.28. The number of rotatable bonds is 6. The number of aromatic nitrogens is 1. The van der Waals surface area contributed by atoms with Gasteiger partial charge in [-0.1, -0.05) is 5.16 Å². The first-order chi connectivity index (χ1) is 15.4. The van der Waals surface area contributed by atoms with Crippen molar-refractivity contribution in [2.24, 2.45) is 0 Å². The summed E-state index contributed by atoms with van der Waals surface area (Å²) in [5.74, 6) is 1.67. The van der Waals surface area contributed by atoms with Gasteiger partial charge in [0.05, 0.1) is 32.1 Å². The maximum atomic E-state index is 12.8. The van der Waals surface area contributed by atoms with Gasteiger partial charge in [0.1, 0.15) is 11.5 Å². The third-order valence-corrected chi connectivity index (χ3v) is 5.30. The van der Waals surface area contributed by atoms with Gasteiger partial charge in [0.25, 0.3) is 11.8 Å². The summed E-state index contributed by atoms with van der Waals surface area (Å²) in [5, 5.41) is 6.81. The SMILES string of the molecule is COc1ccc(C(=O)Nc2ccc3c(c2)N(Cc2c(C)noc2C)C(=O)CO3)cc1OC. The van der Waals surface area contributed by atoms with Crippen molar-refractivity contribution in [3.8, 4) is 17.2 Å². The second kappa shape index (κ2) is 8.62. The molecule has 2 amide bonds. The van der Waals surface area contributed by atoms with Crippen LogP contribution in [0, 0.1) is 13.8 Å². The number of nitrogens with zero attached hydrogens (tertiary/aromatic N) is 2. The molecule has 0 aliphatic carbocycles. The molecule has 1 aliphatic heterocycles. The molecule has 2 aromatic carbocycles. The van der Waals surface area contributed by atoms with Gasteiger partial charge in [0, 0.05) is 16.8 Å². The smallest absolute Gasteiger partial charge is 0.265 e. The summed E-state index contributed by atoms with van der Waals surface area (Å²) in [6, 6.07) is 10.1. The molecule has 166 valence electrons. The molecule has 1 N–H and O–H groups in total. The van der Waals surface area contributed by atoms with Gasteiger partial charge in [-0.2, -0.15) is 0 Å². The molecule has 32 heavy (non-hydrogen) atoms. The standard InChI is InChI=1S/C23H23N3O6/c1-13-17(14(2)32-25-13)11-26-18-10-16(6-8-19(18)31-12-22(26)27)24-23(28)15-5-7-20(29-3)21(9-15)30-4/h5-10H,11-12H2,1-4H3,(H,24,28). The number of anilines is 2. The van der Waals surface area contributed by atoms with Crippen LogP contribution in [0.2, 0.25) is 0 Å². The van der Waals surface area contributed by atoms with Crippen molar-refractivity contribution in [1.29, 1.82) is 0 Å². The average molecular weight is 437 g/mol. The van der Waals surface area contributed by atoms with Gasteiger partial charge < -0.3 is 29.0 Å². The van der Waals surface area contributed by atoms with E-state index >= 15 is 0 Å². The van der Waals surface area contributed by atoms with E-state index in [0.29, 0.717) is 46.5 Å². The number of carbonyl (C=O) groups is 2. The summed E-state index contributed by atoms with van der Waals surface area (Å²) in [4.78, 5) is 27.0. The molecule has 1 aliphatic rings. The topological polar surface area (TPSA) is 103 Å². The minimum absolute atomic E-state index is 0.0618. The lowest BCUT2D eigenvalue weighted by atomic mass is 10.1. The number of ether oxygens (including phenoxy) is 3. The van der Waals surface area contributed by atoms with Crippen LogP contribution in [0.25, 0.3) is 0 Å². The Hall–Kier alpha value is -4.01. The van der Waals surface area contributed by atoms with Crippen LogP contribution in [-0.4, -0.2) is 37.8 Å². The summed E-state index contributed by atoms with van der Waals surface area (Å²) in [6.07, 6.45) is 0. The maximum Gasteiger partial charge on any atom is 0.265 e. The molecule has 0 saturated carbocycles. The maximum absolute atomic E-state index is 12.8. The molecule has 9 heteroatoms. The lowest BCUT2D eigenvalue weighted by Crippen LogP contribution is -2.38. The van der Waals surface area contributed by atoms with Crippen molar-refractivity contribution in [3.63, 3.8) is 0 Å². The molecule has 0 unspecified atom stereocenters. The number of methoxy groups -OCH3 is 2. The van der Waals surface area contributed by atoms with Crippen molar-refractivity contribution in [3.05, 3.63) is 59.0 Å². The number of fused-ring (bicyclic) bond motifs is 1. The molecule has 0 saturated heterocycles. The highest BCUT2D eigenvalue weighted by Crippen LogP contribution is 2.36. The Morgan fingerprint density at radius 3 is 2.59 bits per heavy atom. The molecule has 0 atom stereocenters. The molecule has 0 fully saturated rings. The van der Waals surface area contributed by atoms with Gasteiger partial charge in [-0.3, -0.25) is 9.59 Å². The highest BCUT2D eigenvalue weighted by molar-refractivity contribution is 6.05. The van der Waals surface area contributed by atoms with E-state index in [1.54, 1.807) is 48.2 Å². The second-order valence-electron chi connectivity index (χ2n) is 7.28. The van der Waals surface area contributed by atoms with E-state index in [4.69, 9.17) is 18.7 Å². The highest BCUT2D eigenvalue weighted by atomic mass is 16.5. The summed E-state index contributed by atoms with van der Waals surface area (Å²) >= 11 is 0. The minimum atomic E-state index is -0.328. The van der Waals surface area contributed by atoms with Crippen LogP contribution in [0.3, 0.4) is 0 Å². The number of benzene rings is 2. The number of hydrogen-bond donors (Lipinski definition) is 1. The largest absolute Gasteiger partial charge is 0.493 e. The van der Waals surface area contributed by atoms with Crippen LogP contribution >= 0.6 is 0 Å². The van der Waals surface area contributed by atoms with Crippen LogP contribution in [0.1, 0.15) is 27.4 Å².